The van der Waals surface area contributed by atoms with Crippen LogP contribution in [0.15, 0.2) is 18.2 Å². The minimum atomic E-state index is -0.893. The number of carbonyl (C=O) groups excluding carboxylic acids is 1. The van der Waals surface area contributed by atoms with Crippen LogP contribution in [0.4, 0.5) is 5.69 Å². The standard InChI is InChI=1S/C25H32ClNO7/c1-29-17-9-8-15(14-16(17)26)27-22(28)20-18-19(32-24(31-18)10-4-2-5-11-24)21-23(30-20)34-25(33-21)12-6-3-7-13-25/h8-9,14,18-21,23H,2-7,10-13H2,1H3,(H,27,28)/t18-,19-,20+,21+,23+/m0/s1. The van der Waals surface area contributed by atoms with Crippen LogP contribution in [-0.4, -0.2) is 55.3 Å². The fourth-order valence-electron chi connectivity index (χ4n) is 6.13. The molecule has 5 fully saturated rings. The van der Waals surface area contributed by atoms with Gasteiger partial charge in [0, 0.05) is 31.4 Å². The molecule has 0 radical (unpaired) electrons. The van der Waals surface area contributed by atoms with E-state index in [2.05, 4.69) is 5.32 Å². The van der Waals surface area contributed by atoms with Crippen molar-refractivity contribution in [2.24, 2.45) is 0 Å². The first-order valence-corrected chi connectivity index (χ1v) is 12.9. The average Bonchev–Trinajstić information content (AvgIpc) is 3.37. The molecule has 3 heterocycles. The van der Waals surface area contributed by atoms with E-state index in [0.29, 0.717) is 16.5 Å². The molecule has 5 atom stereocenters. The highest BCUT2D eigenvalue weighted by Crippen LogP contribution is 2.51. The molecule has 34 heavy (non-hydrogen) atoms. The van der Waals surface area contributed by atoms with Crippen LogP contribution >= 0.6 is 11.6 Å². The highest BCUT2D eigenvalue weighted by Gasteiger charge is 2.65. The molecule has 6 rings (SSSR count). The van der Waals surface area contributed by atoms with Crippen molar-refractivity contribution in [2.75, 3.05) is 12.4 Å². The first kappa shape index (κ1) is 23.0. The lowest BCUT2D eigenvalue weighted by molar-refractivity contribution is -0.246. The molecule has 3 saturated heterocycles. The van der Waals surface area contributed by atoms with E-state index >= 15 is 0 Å². The number of halogens is 1. The topological polar surface area (TPSA) is 84.5 Å². The van der Waals surface area contributed by atoms with E-state index < -0.39 is 42.3 Å². The predicted octanol–water partition coefficient (Wildman–Crippen LogP) is 4.53. The molecule has 2 saturated carbocycles. The lowest BCUT2D eigenvalue weighted by atomic mass is 9.94. The number of anilines is 1. The van der Waals surface area contributed by atoms with Crippen LogP contribution in [0.1, 0.15) is 64.2 Å². The van der Waals surface area contributed by atoms with Crippen molar-refractivity contribution < 1.29 is 33.2 Å². The third-order valence-corrected chi connectivity index (χ3v) is 8.08. The molecule has 0 unspecified atom stereocenters. The third kappa shape index (κ3) is 4.02. The average molecular weight is 494 g/mol. The Morgan fingerprint density at radius 3 is 2.18 bits per heavy atom. The summed E-state index contributed by atoms with van der Waals surface area (Å²) in [6, 6.07) is 5.11. The summed E-state index contributed by atoms with van der Waals surface area (Å²) in [4.78, 5) is 13.5. The van der Waals surface area contributed by atoms with E-state index in [1.807, 2.05) is 0 Å². The maximum absolute atomic E-state index is 13.5. The summed E-state index contributed by atoms with van der Waals surface area (Å²) in [5, 5.41) is 3.34. The SMILES string of the molecule is COc1ccc(NC(=O)[C@@H]2O[C@@H]3OC4(CCCCC4)O[C@@H]3[C@H]3OC4(CCCCC4)O[C@@H]32)cc1Cl. The molecule has 2 spiro atoms. The van der Waals surface area contributed by atoms with E-state index in [0.717, 1.165) is 57.8 Å². The maximum Gasteiger partial charge on any atom is 0.256 e. The summed E-state index contributed by atoms with van der Waals surface area (Å²) in [5.41, 5.74) is 0.553. The van der Waals surface area contributed by atoms with Crippen LogP contribution in [0.5, 0.6) is 5.75 Å². The maximum atomic E-state index is 13.5. The van der Waals surface area contributed by atoms with Gasteiger partial charge in [0.05, 0.1) is 12.1 Å². The Kier molecular flexibility index (Phi) is 6.03. The molecule has 8 nitrogen and oxygen atoms in total. The van der Waals surface area contributed by atoms with E-state index in [1.54, 1.807) is 25.3 Å². The van der Waals surface area contributed by atoms with Gasteiger partial charge in [0.25, 0.3) is 5.91 Å². The second kappa shape index (κ2) is 8.91. The Morgan fingerprint density at radius 1 is 0.912 bits per heavy atom. The molecule has 5 aliphatic rings. The first-order chi connectivity index (χ1) is 16.5. The van der Waals surface area contributed by atoms with Gasteiger partial charge in [-0.1, -0.05) is 24.4 Å². The fraction of sp³-hybridized carbons (Fsp3) is 0.720. The number of carbonyl (C=O) groups is 1. The first-order valence-electron chi connectivity index (χ1n) is 12.5. The van der Waals surface area contributed by atoms with E-state index in [1.165, 1.54) is 6.42 Å². The van der Waals surface area contributed by atoms with Gasteiger partial charge < -0.3 is 33.7 Å². The minimum absolute atomic E-state index is 0.320. The van der Waals surface area contributed by atoms with Crippen LogP contribution in [0.2, 0.25) is 5.02 Å². The van der Waals surface area contributed by atoms with Crippen molar-refractivity contribution in [2.45, 2.75) is 106 Å². The molecule has 3 aliphatic heterocycles. The van der Waals surface area contributed by atoms with Crippen molar-refractivity contribution in [3.05, 3.63) is 23.2 Å². The van der Waals surface area contributed by atoms with Gasteiger partial charge in [-0.05, 0) is 43.9 Å². The summed E-state index contributed by atoms with van der Waals surface area (Å²) in [6.07, 6.45) is 6.83. The van der Waals surface area contributed by atoms with Crippen LogP contribution in [0.25, 0.3) is 0 Å². The highest BCUT2D eigenvalue weighted by molar-refractivity contribution is 6.32. The largest absolute Gasteiger partial charge is 0.495 e. The van der Waals surface area contributed by atoms with Crippen LogP contribution in [-0.2, 0) is 28.5 Å². The van der Waals surface area contributed by atoms with Gasteiger partial charge in [0.15, 0.2) is 24.0 Å². The summed E-state index contributed by atoms with van der Waals surface area (Å²) in [5.74, 6) is -1.12. The summed E-state index contributed by atoms with van der Waals surface area (Å²) in [6.45, 7) is 0. The Hall–Kier alpha value is -1.42. The van der Waals surface area contributed by atoms with Crippen molar-refractivity contribution in [1.29, 1.82) is 0 Å². The quantitative estimate of drug-likeness (QED) is 0.662. The van der Waals surface area contributed by atoms with Crippen LogP contribution in [0.3, 0.4) is 0 Å². The Labute approximate surface area is 204 Å². The molecule has 0 aromatic heterocycles. The lowest BCUT2D eigenvalue weighted by Crippen LogP contribution is -2.58. The molecule has 1 amide bonds. The Bertz CT molecular complexity index is 930. The summed E-state index contributed by atoms with van der Waals surface area (Å²) in [7, 11) is 1.55. The molecular weight excluding hydrogens is 462 g/mol. The van der Waals surface area contributed by atoms with Gasteiger partial charge >= 0.3 is 0 Å². The molecule has 2 aliphatic carbocycles. The minimum Gasteiger partial charge on any atom is -0.495 e. The zero-order valence-electron chi connectivity index (χ0n) is 19.4. The van der Waals surface area contributed by atoms with Gasteiger partial charge in [-0.3, -0.25) is 4.79 Å². The molecule has 1 aromatic rings. The number of hydrogen-bond acceptors (Lipinski definition) is 7. The van der Waals surface area contributed by atoms with E-state index in [4.69, 9.17) is 40.0 Å². The number of amides is 1. The van der Waals surface area contributed by atoms with Gasteiger partial charge in [0.2, 0.25) is 0 Å². The predicted molar refractivity (Wildman–Crippen MR) is 123 cm³/mol. The number of nitrogens with one attached hydrogen (secondary N) is 1. The van der Waals surface area contributed by atoms with Crippen molar-refractivity contribution in [3.8, 4) is 5.75 Å². The molecule has 1 N–H and O–H groups in total. The second-order valence-corrected chi connectivity index (χ2v) is 10.5. The molecule has 0 bridgehead atoms. The van der Waals surface area contributed by atoms with Crippen molar-refractivity contribution >= 4 is 23.2 Å². The van der Waals surface area contributed by atoms with Gasteiger partial charge in [-0.15, -0.1) is 0 Å². The van der Waals surface area contributed by atoms with Crippen LogP contribution in [0, 0.1) is 0 Å². The number of rotatable bonds is 3. The van der Waals surface area contributed by atoms with Gasteiger partial charge in [-0.25, -0.2) is 0 Å². The number of fused-ring (bicyclic) bond motifs is 3. The van der Waals surface area contributed by atoms with Crippen LogP contribution < -0.4 is 10.1 Å². The number of methoxy groups -OCH3 is 1. The van der Waals surface area contributed by atoms with E-state index in [9.17, 15) is 4.79 Å². The molecular formula is C25H32ClNO7. The van der Waals surface area contributed by atoms with Gasteiger partial charge in [-0.2, -0.15) is 0 Å². The van der Waals surface area contributed by atoms with Crippen molar-refractivity contribution in [1.82, 2.24) is 0 Å². The van der Waals surface area contributed by atoms with E-state index in [-0.39, 0.29) is 5.91 Å². The number of ether oxygens (including phenoxy) is 6. The smallest absolute Gasteiger partial charge is 0.256 e. The zero-order valence-corrected chi connectivity index (χ0v) is 20.2. The molecule has 9 heteroatoms. The lowest BCUT2D eigenvalue weighted by Gasteiger charge is -2.36. The summed E-state index contributed by atoms with van der Waals surface area (Å²) < 4.78 is 37.5. The zero-order chi connectivity index (χ0) is 23.3. The second-order valence-electron chi connectivity index (χ2n) is 10.1. The van der Waals surface area contributed by atoms with Crippen molar-refractivity contribution in [3.63, 3.8) is 0 Å². The molecule has 1 aromatic carbocycles. The fourth-order valence-corrected chi connectivity index (χ4v) is 6.38. The Morgan fingerprint density at radius 2 is 1.53 bits per heavy atom. The monoisotopic (exact) mass is 493 g/mol. The number of benzene rings is 1. The highest BCUT2D eigenvalue weighted by atomic mass is 35.5. The number of hydrogen-bond donors (Lipinski definition) is 1. The third-order valence-electron chi connectivity index (χ3n) is 7.79. The normalized spacial score (nSPS) is 35.6. The van der Waals surface area contributed by atoms with Gasteiger partial charge in [0.1, 0.15) is 24.1 Å². The molecule has 186 valence electrons. The summed E-state index contributed by atoms with van der Waals surface area (Å²) >= 11 is 6.25. The Balaban J connectivity index is 1.26.